The molecule has 0 aromatic heterocycles. The molecule has 0 saturated heterocycles. The molecule has 0 bridgehead atoms. The Hall–Kier alpha value is -0.300. The molecule has 4 fully saturated rings. The van der Waals surface area contributed by atoms with E-state index < -0.39 is 0 Å². The molecule has 1 heteroatoms. The maximum absolute atomic E-state index is 10.9. The van der Waals surface area contributed by atoms with E-state index in [-0.39, 0.29) is 11.5 Å². The number of aliphatic hydroxyl groups is 1. The van der Waals surface area contributed by atoms with Crippen LogP contribution in [0, 0.1) is 50.2 Å². The van der Waals surface area contributed by atoms with Crippen LogP contribution in [0.2, 0.25) is 0 Å². The van der Waals surface area contributed by atoms with Crippen LogP contribution in [-0.2, 0) is 0 Å². The van der Waals surface area contributed by atoms with Crippen molar-refractivity contribution in [2.45, 2.75) is 126 Å². The predicted octanol–water partition coefficient (Wildman–Crippen LogP) is 8.17. The minimum absolute atomic E-state index is 0.0575. The molecule has 0 radical (unpaired) electrons. The molecule has 0 heterocycles. The highest BCUT2D eigenvalue weighted by molar-refractivity contribution is 5.34. The van der Waals surface area contributed by atoms with E-state index in [4.69, 9.17) is 0 Å². The van der Waals surface area contributed by atoms with Gasteiger partial charge in [0, 0.05) is 0 Å². The minimum atomic E-state index is -0.122. The fourth-order valence-electron chi connectivity index (χ4n) is 10.8. The smallest absolute Gasteiger partial charge is 0.0594 e. The van der Waals surface area contributed by atoms with E-state index in [2.05, 4.69) is 61.5 Å². The molecule has 5 aliphatic carbocycles. The van der Waals surface area contributed by atoms with Gasteiger partial charge in [-0.3, -0.25) is 0 Å². The van der Waals surface area contributed by atoms with Gasteiger partial charge in [0.15, 0.2) is 0 Å². The monoisotopic (exact) mass is 426 g/mol. The van der Waals surface area contributed by atoms with Gasteiger partial charge in [-0.2, -0.15) is 0 Å². The number of rotatable bonds is 0. The molecule has 0 unspecified atom stereocenters. The van der Waals surface area contributed by atoms with Crippen molar-refractivity contribution in [3.63, 3.8) is 0 Å². The van der Waals surface area contributed by atoms with Gasteiger partial charge in [-0.1, -0.05) is 67.0 Å². The van der Waals surface area contributed by atoms with Gasteiger partial charge >= 0.3 is 0 Å². The Kier molecular flexibility index (Phi) is 4.66. The molecule has 0 aromatic rings. The van der Waals surface area contributed by atoms with E-state index in [0.29, 0.717) is 33.0 Å². The van der Waals surface area contributed by atoms with E-state index in [1.807, 2.05) is 5.57 Å². The molecule has 0 aromatic carbocycles. The number of fused-ring (bicyclic) bond motifs is 7. The average Bonchev–Trinajstić information content (AvgIpc) is 2.66. The number of allylic oxidation sites excluding steroid dienone is 2. The summed E-state index contributed by atoms with van der Waals surface area (Å²) in [6.07, 6.45) is 15.8. The van der Waals surface area contributed by atoms with Crippen LogP contribution in [0.4, 0.5) is 0 Å². The van der Waals surface area contributed by atoms with Crippen molar-refractivity contribution < 1.29 is 5.11 Å². The van der Waals surface area contributed by atoms with Crippen LogP contribution < -0.4 is 0 Å². The summed E-state index contributed by atoms with van der Waals surface area (Å²) in [7, 11) is 0. The molecule has 5 aliphatic rings. The SMILES string of the molecule is CC1(C)CC[C@@]2(C)CC=C3[C@](C)(CC[C@H]4[C@]5(C)CC[C@@H](O)C(C)(C)[C@H]5CC[C@]34C)[C@H]2C1. The first-order valence-corrected chi connectivity index (χ1v) is 13.6. The van der Waals surface area contributed by atoms with Crippen LogP contribution in [0.25, 0.3) is 0 Å². The van der Waals surface area contributed by atoms with Gasteiger partial charge in [0.1, 0.15) is 0 Å². The normalized spacial score (nSPS) is 55.2. The van der Waals surface area contributed by atoms with Crippen molar-refractivity contribution in [3.8, 4) is 0 Å². The Morgan fingerprint density at radius 3 is 2.00 bits per heavy atom. The van der Waals surface area contributed by atoms with Crippen molar-refractivity contribution >= 4 is 0 Å². The zero-order valence-electron chi connectivity index (χ0n) is 21.9. The molecule has 0 aliphatic heterocycles. The molecule has 1 nitrogen and oxygen atoms in total. The third-order valence-electron chi connectivity index (χ3n) is 12.7. The highest BCUT2D eigenvalue weighted by Gasteiger charge is 2.66. The fourth-order valence-corrected chi connectivity index (χ4v) is 10.8. The Morgan fingerprint density at radius 2 is 1.32 bits per heavy atom. The lowest BCUT2D eigenvalue weighted by Gasteiger charge is -2.70. The van der Waals surface area contributed by atoms with Crippen LogP contribution >= 0.6 is 0 Å². The molecule has 4 saturated carbocycles. The largest absolute Gasteiger partial charge is 0.393 e. The Morgan fingerprint density at radius 1 is 0.710 bits per heavy atom. The van der Waals surface area contributed by atoms with Crippen molar-refractivity contribution in [2.75, 3.05) is 0 Å². The van der Waals surface area contributed by atoms with Crippen molar-refractivity contribution in [3.05, 3.63) is 11.6 Å². The fraction of sp³-hybridized carbons (Fsp3) is 0.933. The Bertz CT molecular complexity index is 790. The first-order chi connectivity index (χ1) is 14.2. The topological polar surface area (TPSA) is 20.2 Å². The molecular formula is C30H50O. The standard InChI is InChI=1S/C30H50O/c1-25(2)17-18-27(5)13-9-21-29(7)14-10-20-26(3,4)24(31)12-16-28(20,6)22(29)11-15-30(21,8)23(27)19-25/h9,20,22-24,31H,10-19H2,1-8H3/t20-,22+,23+,24-,27-,28-,29-,30+/m1/s1. The maximum atomic E-state index is 10.9. The van der Waals surface area contributed by atoms with E-state index in [1.165, 1.54) is 57.8 Å². The summed E-state index contributed by atoms with van der Waals surface area (Å²) in [6, 6.07) is 0. The number of aliphatic hydroxyl groups excluding tert-OH is 1. The molecule has 5 rings (SSSR count). The van der Waals surface area contributed by atoms with Crippen LogP contribution in [0.5, 0.6) is 0 Å². The van der Waals surface area contributed by atoms with Gasteiger partial charge in [0.25, 0.3) is 0 Å². The summed E-state index contributed by atoms with van der Waals surface area (Å²) in [6.45, 7) is 20.4. The van der Waals surface area contributed by atoms with E-state index in [1.54, 1.807) is 0 Å². The highest BCUT2D eigenvalue weighted by Crippen LogP contribution is 2.74. The van der Waals surface area contributed by atoms with Crippen molar-refractivity contribution in [1.82, 2.24) is 0 Å². The minimum Gasteiger partial charge on any atom is -0.393 e. The molecular weight excluding hydrogens is 376 g/mol. The molecule has 0 amide bonds. The van der Waals surface area contributed by atoms with Crippen molar-refractivity contribution in [1.29, 1.82) is 0 Å². The van der Waals surface area contributed by atoms with Gasteiger partial charge in [0.05, 0.1) is 6.10 Å². The predicted molar refractivity (Wildman–Crippen MR) is 131 cm³/mol. The van der Waals surface area contributed by atoms with Crippen molar-refractivity contribution in [2.24, 2.45) is 50.2 Å². The van der Waals surface area contributed by atoms with Gasteiger partial charge in [-0.05, 0) is 114 Å². The Labute approximate surface area is 192 Å². The van der Waals surface area contributed by atoms with Crippen LogP contribution in [0.15, 0.2) is 11.6 Å². The first kappa shape index (κ1) is 22.5. The quantitative estimate of drug-likeness (QED) is 0.387. The highest BCUT2D eigenvalue weighted by atomic mass is 16.3. The third-order valence-corrected chi connectivity index (χ3v) is 12.7. The maximum Gasteiger partial charge on any atom is 0.0594 e. The average molecular weight is 427 g/mol. The van der Waals surface area contributed by atoms with Crippen LogP contribution in [-0.4, -0.2) is 11.2 Å². The van der Waals surface area contributed by atoms with Crippen LogP contribution in [0.1, 0.15) is 120 Å². The van der Waals surface area contributed by atoms with E-state index in [9.17, 15) is 5.11 Å². The molecule has 8 atom stereocenters. The van der Waals surface area contributed by atoms with Gasteiger partial charge in [-0.25, -0.2) is 0 Å². The molecule has 0 spiro atoms. The van der Waals surface area contributed by atoms with E-state index in [0.717, 1.165) is 18.3 Å². The summed E-state index contributed by atoms with van der Waals surface area (Å²) < 4.78 is 0. The summed E-state index contributed by atoms with van der Waals surface area (Å²) in [5.74, 6) is 2.29. The first-order valence-electron chi connectivity index (χ1n) is 13.6. The number of hydrogen-bond acceptors (Lipinski definition) is 1. The summed E-state index contributed by atoms with van der Waals surface area (Å²) in [5, 5.41) is 10.9. The molecule has 176 valence electrons. The zero-order chi connectivity index (χ0) is 22.7. The second-order valence-electron chi connectivity index (χ2n) is 15.3. The molecule has 1 N–H and O–H groups in total. The van der Waals surface area contributed by atoms with Gasteiger partial charge < -0.3 is 5.11 Å². The summed E-state index contributed by atoms with van der Waals surface area (Å²) in [5.41, 5.74) is 4.07. The Balaban J connectivity index is 1.56. The molecule has 31 heavy (non-hydrogen) atoms. The van der Waals surface area contributed by atoms with Crippen LogP contribution in [0.3, 0.4) is 0 Å². The van der Waals surface area contributed by atoms with Gasteiger partial charge in [-0.15, -0.1) is 0 Å². The zero-order valence-corrected chi connectivity index (χ0v) is 21.9. The number of hydrogen-bond donors (Lipinski definition) is 1. The lowest BCUT2D eigenvalue weighted by molar-refractivity contribution is -0.184. The lowest BCUT2D eigenvalue weighted by Crippen LogP contribution is -2.63. The second kappa shape index (κ2) is 6.43. The summed E-state index contributed by atoms with van der Waals surface area (Å²) >= 11 is 0. The van der Waals surface area contributed by atoms with E-state index >= 15 is 0 Å². The summed E-state index contributed by atoms with van der Waals surface area (Å²) in [4.78, 5) is 0. The van der Waals surface area contributed by atoms with Gasteiger partial charge in [0.2, 0.25) is 0 Å². The second-order valence-corrected chi connectivity index (χ2v) is 15.3. The lowest BCUT2D eigenvalue weighted by atomic mass is 9.35. The third kappa shape index (κ3) is 2.83.